The summed E-state index contributed by atoms with van der Waals surface area (Å²) < 4.78 is 16.7. The minimum absolute atomic E-state index is 0.0734. The molecule has 0 saturated carbocycles. The van der Waals surface area contributed by atoms with Crippen molar-refractivity contribution in [2.24, 2.45) is 5.41 Å². The lowest BCUT2D eigenvalue weighted by Crippen LogP contribution is -2.53. The van der Waals surface area contributed by atoms with Gasteiger partial charge in [-0.05, 0) is 96.2 Å². The number of carbonyl (C=O) groups excluding carboxylic acids is 4. The summed E-state index contributed by atoms with van der Waals surface area (Å²) in [6.45, 7) is 12.3. The summed E-state index contributed by atoms with van der Waals surface area (Å²) in [5, 5.41) is 3.23. The number of anilines is 1. The Hall–Kier alpha value is -4.22. The molecule has 3 aromatic rings. The standard InChI is InChI=1S/C39H47N3O7S/c1-37(2,3)49-36(46)40-32-30(22-31(50-32)27-12-14-28(15-13-27)34(44)47-23-26-10-7-6-8-11-26)33(43)41-20-16-29(17-21-41)42-19-9-18-39(25-42)24-38(4,5)48-35(39)45/h6-8,10-15,22,29H,9,16-21,23-25H2,1-5H3,(H,40,46). The molecule has 1 atom stereocenters. The third-order valence-corrected chi connectivity index (χ3v) is 10.7. The van der Waals surface area contributed by atoms with Gasteiger partial charge in [0, 0.05) is 37.0 Å². The second kappa shape index (κ2) is 14.2. The molecule has 266 valence electrons. The van der Waals surface area contributed by atoms with Gasteiger partial charge in [-0.3, -0.25) is 19.8 Å². The number of esters is 2. The van der Waals surface area contributed by atoms with Crippen molar-refractivity contribution in [3.8, 4) is 10.4 Å². The summed E-state index contributed by atoms with van der Waals surface area (Å²) in [7, 11) is 0. The molecule has 1 N–H and O–H groups in total. The molecule has 11 heteroatoms. The third kappa shape index (κ3) is 8.21. The molecule has 6 rings (SSSR count). The average molecular weight is 702 g/mol. The van der Waals surface area contributed by atoms with Crippen LogP contribution < -0.4 is 5.32 Å². The lowest BCUT2D eigenvalue weighted by Gasteiger charge is -2.44. The number of ether oxygens (including phenoxy) is 3. The first-order chi connectivity index (χ1) is 23.7. The highest BCUT2D eigenvalue weighted by Gasteiger charge is 2.54. The summed E-state index contributed by atoms with van der Waals surface area (Å²) >= 11 is 1.29. The van der Waals surface area contributed by atoms with Gasteiger partial charge in [0.25, 0.3) is 5.91 Å². The summed E-state index contributed by atoms with van der Waals surface area (Å²) in [6.07, 6.45) is 3.52. The monoisotopic (exact) mass is 701 g/mol. The SMILES string of the molecule is CC(C)(C)OC(=O)Nc1sc(-c2ccc(C(=O)OCc3ccccc3)cc2)cc1C(=O)N1CCC(N2CCCC3(C2)CC(C)(C)OC3=O)CC1. The molecule has 3 aliphatic heterocycles. The van der Waals surface area contributed by atoms with Crippen LogP contribution in [0.4, 0.5) is 9.80 Å². The second-order valence-electron chi connectivity index (χ2n) is 15.3. The Labute approximate surface area is 298 Å². The van der Waals surface area contributed by atoms with Crippen LogP contribution in [0.2, 0.25) is 0 Å². The van der Waals surface area contributed by atoms with Gasteiger partial charge in [-0.15, -0.1) is 11.3 Å². The first kappa shape index (κ1) is 35.6. The fourth-order valence-corrected chi connectivity index (χ4v) is 8.48. The molecular weight excluding hydrogens is 655 g/mol. The predicted octanol–water partition coefficient (Wildman–Crippen LogP) is 7.53. The smallest absolute Gasteiger partial charge is 0.412 e. The molecule has 4 heterocycles. The summed E-state index contributed by atoms with van der Waals surface area (Å²) in [6, 6.07) is 18.6. The number of rotatable bonds is 7. The number of piperidine rings is 2. The number of cyclic esters (lactones) is 1. The first-order valence-corrected chi connectivity index (χ1v) is 18.2. The zero-order valence-electron chi connectivity index (χ0n) is 29.6. The van der Waals surface area contributed by atoms with Gasteiger partial charge in [0.05, 0.1) is 16.5 Å². The predicted molar refractivity (Wildman–Crippen MR) is 192 cm³/mol. The van der Waals surface area contributed by atoms with Crippen molar-refractivity contribution in [2.75, 3.05) is 31.5 Å². The largest absolute Gasteiger partial charge is 0.459 e. The minimum atomic E-state index is -0.709. The van der Waals surface area contributed by atoms with Crippen LogP contribution >= 0.6 is 11.3 Å². The van der Waals surface area contributed by atoms with Crippen LogP contribution in [0.5, 0.6) is 0 Å². The van der Waals surface area contributed by atoms with Crippen LogP contribution in [0.3, 0.4) is 0 Å². The lowest BCUT2D eigenvalue weighted by molar-refractivity contribution is -0.154. The molecule has 0 aliphatic carbocycles. The molecule has 3 saturated heterocycles. The maximum Gasteiger partial charge on any atom is 0.412 e. The normalized spacial score (nSPS) is 21.1. The summed E-state index contributed by atoms with van der Waals surface area (Å²) in [5.74, 6) is -0.657. The van der Waals surface area contributed by atoms with Crippen LogP contribution in [0.1, 0.15) is 93.0 Å². The van der Waals surface area contributed by atoms with E-state index >= 15 is 0 Å². The number of amides is 2. The van der Waals surface area contributed by atoms with E-state index in [0.717, 1.165) is 54.7 Å². The number of likely N-dealkylation sites (tertiary alicyclic amines) is 2. The zero-order chi connectivity index (χ0) is 35.7. The van der Waals surface area contributed by atoms with E-state index in [1.165, 1.54) is 11.3 Å². The van der Waals surface area contributed by atoms with E-state index in [1.807, 2.05) is 61.2 Å². The van der Waals surface area contributed by atoms with E-state index < -0.39 is 28.7 Å². The quantitative estimate of drug-likeness (QED) is 0.199. The molecule has 10 nitrogen and oxygen atoms in total. The number of thiophene rings is 1. The number of hydrogen-bond donors (Lipinski definition) is 1. The molecule has 0 radical (unpaired) electrons. The van der Waals surface area contributed by atoms with E-state index in [1.54, 1.807) is 39.0 Å². The fraction of sp³-hybridized carbons (Fsp3) is 0.487. The molecule has 1 unspecified atom stereocenters. The highest BCUT2D eigenvalue weighted by atomic mass is 32.1. The van der Waals surface area contributed by atoms with Crippen molar-refractivity contribution in [1.82, 2.24) is 9.80 Å². The average Bonchev–Trinajstić information content (AvgIpc) is 3.59. The molecule has 1 aromatic heterocycles. The Morgan fingerprint density at radius 2 is 1.70 bits per heavy atom. The van der Waals surface area contributed by atoms with E-state index in [4.69, 9.17) is 14.2 Å². The van der Waals surface area contributed by atoms with Gasteiger partial charge in [-0.1, -0.05) is 42.5 Å². The van der Waals surface area contributed by atoms with E-state index in [0.29, 0.717) is 35.8 Å². The summed E-state index contributed by atoms with van der Waals surface area (Å²) in [4.78, 5) is 57.6. The van der Waals surface area contributed by atoms with Crippen molar-refractivity contribution in [1.29, 1.82) is 0 Å². The fourth-order valence-electron chi connectivity index (χ4n) is 7.44. The Balaban J connectivity index is 1.14. The zero-order valence-corrected chi connectivity index (χ0v) is 30.4. The van der Waals surface area contributed by atoms with Crippen LogP contribution in [0, 0.1) is 5.41 Å². The number of nitrogens with zero attached hydrogens (tertiary/aromatic N) is 2. The van der Waals surface area contributed by atoms with Crippen molar-refractivity contribution in [3.05, 3.63) is 77.4 Å². The van der Waals surface area contributed by atoms with Gasteiger partial charge in [-0.2, -0.15) is 0 Å². The van der Waals surface area contributed by atoms with Crippen LogP contribution in [0.25, 0.3) is 10.4 Å². The minimum Gasteiger partial charge on any atom is -0.459 e. The van der Waals surface area contributed by atoms with Crippen LogP contribution in [-0.2, 0) is 25.6 Å². The Morgan fingerprint density at radius 1 is 1.00 bits per heavy atom. The number of hydrogen-bond acceptors (Lipinski definition) is 9. The molecule has 3 aliphatic rings. The first-order valence-electron chi connectivity index (χ1n) is 17.4. The van der Waals surface area contributed by atoms with Gasteiger partial charge in [-0.25, -0.2) is 9.59 Å². The van der Waals surface area contributed by atoms with Crippen molar-refractivity contribution < 1.29 is 33.4 Å². The van der Waals surface area contributed by atoms with Crippen molar-refractivity contribution in [2.45, 2.75) is 90.6 Å². The Bertz CT molecular complexity index is 1720. The van der Waals surface area contributed by atoms with Crippen LogP contribution in [-0.4, -0.2) is 77.2 Å². The molecule has 1 spiro atoms. The molecule has 3 fully saturated rings. The maximum atomic E-state index is 14.1. The van der Waals surface area contributed by atoms with Crippen molar-refractivity contribution in [3.63, 3.8) is 0 Å². The van der Waals surface area contributed by atoms with Crippen molar-refractivity contribution >= 4 is 40.3 Å². The van der Waals surface area contributed by atoms with E-state index in [9.17, 15) is 19.2 Å². The topological polar surface area (TPSA) is 114 Å². The van der Waals surface area contributed by atoms with Crippen LogP contribution in [0.15, 0.2) is 60.7 Å². The molecular formula is C39H47N3O7S. The highest BCUT2D eigenvalue weighted by Crippen LogP contribution is 2.47. The maximum absolute atomic E-state index is 14.1. The Kier molecular flexibility index (Phi) is 10.1. The molecule has 2 aromatic carbocycles. The number of benzene rings is 2. The van der Waals surface area contributed by atoms with Gasteiger partial charge in [0.15, 0.2) is 0 Å². The number of nitrogens with one attached hydrogen (secondary N) is 1. The molecule has 2 amide bonds. The van der Waals surface area contributed by atoms with Gasteiger partial charge in [0.2, 0.25) is 0 Å². The van der Waals surface area contributed by atoms with Gasteiger partial charge < -0.3 is 19.1 Å². The molecule has 0 bridgehead atoms. The van der Waals surface area contributed by atoms with E-state index in [2.05, 4.69) is 10.2 Å². The Morgan fingerprint density at radius 3 is 2.34 bits per heavy atom. The summed E-state index contributed by atoms with van der Waals surface area (Å²) in [5.41, 5.74) is 0.934. The number of carbonyl (C=O) groups is 4. The second-order valence-corrected chi connectivity index (χ2v) is 16.4. The lowest BCUT2D eigenvalue weighted by atomic mass is 9.74. The van der Waals surface area contributed by atoms with Gasteiger partial charge in [0.1, 0.15) is 22.8 Å². The molecule has 50 heavy (non-hydrogen) atoms. The van der Waals surface area contributed by atoms with E-state index in [-0.39, 0.29) is 24.5 Å². The van der Waals surface area contributed by atoms with Gasteiger partial charge >= 0.3 is 18.0 Å². The third-order valence-electron chi connectivity index (χ3n) is 9.64. The highest BCUT2D eigenvalue weighted by molar-refractivity contribution is 7.20.